The van der Waals surface area contributed by atoms with E-state index in [1.807, 2.05) is 6.92 Å². The number of hydrogen-bond acceptors (Lipinski definition) is 6. The maximum absolute atomic E-state index is 14.9. The Morgan fingerprint density at radius 3 is 2.97 bits per heavy atom. The third-order valence-corrected chi connectivity index (χ3v) is 6.09. The minimum atomic E-state index is -0.664. The van der Waals surface area contributed by atoms with E-state index in [1.165, 1.54) is 12.3 Å². The van der Waals surface area contributed by atoms with Crippen LogP contribution in [-0.2, 0) is 4.74 Å². The highest BCUT2D eigenvalue weighted by atomic mass is 19.1. The minimum absolute atomic E-state index is 0.148. The van der Waals surface area contributed by atoms with Crippen molar-refractivity contribution in [3.05, 3.63) is 53.4 Å². The van der Waals surface area contributed by atoms with Crippen molar-refractivity contribution in [2.24, 2.45) is 0 Å². The fourth-order valence-electron chi connectivity index (χ4n) is 4.54. The second kappa shape index (κ2) is 7.87. The van der Waals surface area contributed by atoms with Gasteiger partial charge >= 0.3 is 0 Å². The molecule has 0 bridgehead atoms. The summed E-state index contributed by atoms with van der Waals surface area (Å²) in [7, 11) is 0. The van der Waals surface area contributed by atoms with Gasteiger partial charge < -0.3 is 15.0 Å². The number of piperidine rings is 1. The van der Waals surface area contributed by atoms with E-state index < -0.39 is 11.6 Å². The lowest BCUT2D eigenvalue weighted by Gasteiger charge is -2.42. The van der Waals surface area contributed by atoms with Gasteiger partial charge in [0, 0.05) is 38.0 Å². The lowest BCUT2D eigenvalue weighted by molar-refractivity contribution is -0.0137. The number of nitrogens with zero attached hydrogens (tertiary/aromatic N) is 5. The molecule has 3 atom stereocenters. The smallest absolute Gasteiger partial charge is 0.207 e. The van der Waals surface area contributed by atoms with Gasteiger partial charge in [-0.1, -0.05) is 0 Å². The molecular formula is C22H22F2N6O. The molecule has 9 heteroatoms. The molecule has 2 saturated heterocycles. The maximum atomic E-state index is 14.9. The van der Waals surface area contributed by atoms with E-state index in [0.29, 0.717) is 36.9 Å². The topological polar surface area (TPSA) is 79.0 Å². The van der Waals surface area contributed by atoms with Gasteiger partial charge in [-0.2, -0.15) is 5.26 Å². The fraction of sp³-hybridized carbons (Fsp3) is 0.409. The molecular weight excluding hydrogens is 402 g/mol. The van der Waals surface area contributed by atoms with Gasteiger partial charge in [-0.3, -0.25) is 9.55 Å². The van der Waals surface area contributed by atoms with Gasteiger partial charge in [-0.25, -0.2) is 13.8 Å². The van der Waals surface area contributed by atoms with Crippen LogP contribution in [0.5, 0.6) is 0 Å². The number of morpholine rings is 1. The first kappa shape index (κ1) is 19.8. The summed E-state index contributed by atoms with van der Waals surface area (Å²) < 4.78 is 36.5. The number of fused-ring (bicyclic) bond motifs is 2. The number of anilines is 1. The van der Waals surface area contributed by atoms with Crippen molar-refractivity contribution in [2.75, 3.05) is 31.1 Å². The largest absolute Gasteiger partial charge is 0.375 e. The number of hydrogen-bond donors (Lipinski definition) is 1. The summed E-state index contributed by atoms with van der Waals surface area (Å²) in [5.41, 5.74) is 1.62. The number of nitriles is 1. The highest BCUT2D eigenvalue weighted by Crippen LogP contribution is 2.33. The van der Waals surface area contributed by atoms with Crippen LogP contribution in [0.15, 0.2) is 30.5 Å². The van der Waals surface area contributed by atoms with Crippen molar-refractivity contribution >= 4 is 17.0 Å². The van der Waals surface area contributed by atoms with Crippen molar-refractivity contribution in [3.63, 3.8) is 0 Å². The lowest BCUT2D eigenvalue weighted by Crippen LogP contribution is -2.58. The molecule has 7 nitrogen and oxygen atoms in total. The van der Waals surface area contributed by atoms with Crippen molar-refractivity contribution in [3.8, 4) is 6.07 Å². The first-order valence-electron chi connectivity index (χ1n) is 10.4. The van der Waals surface area contributed by atoms with Crippen LogP contribution in [-0.4, -0.2) is 52.9 Å². The van der Waals surface area contributed by atoms with Crippen molar-refractivity contribution in [2.45, 2.75) is 31.5 Å². The van der Waals surface area contributed by atoms with Gasteiger partial charge in [0.25, 0.3) is 0 Å². The number of benzene rings is 1. The van der Waals surface area contributed by atoms with Crippen LogP contribution in [0.2, 0.25) is 0 Å². The molecule has 5 rings (SSSR count). The quantitative estimate of drug-likeness (QED) is 0.697. The monoisotopic (exact) mass is 424 g/mol. The molecule has 2 aliphatic rings. The van der Waals surface area contributed by atoms with Gasteiger partial charge in [0.2, 0.25) is 5.95 Å². The van der Waals surface area contributed by atoms with Gasteiger partial charge in [-0.05, 0) is 25.5 Å². The average molecular weight is 424 g/mol. The molecule has 0 spiro atoms. The Morgan fingerprint density at radius 2 is 2.19 bits per heavy atom. The maximum Gasteiger partial charge on any atom is 0.207 e. The highest BCUT2D eigenvalue weighted by molar-refractivity contribution is 5.80. The number of imidazole rings is 1. The second-order valence-corrected chi connectivity index (χ2v) is 8.00. The second-order valence-electron chi connectivity index (χ2n) is 8.00. The summed E-state index contributed by atoms with van der Waals surface area (Å²) in [6.45, 7) is 4.74. The van der Waals surface area contributed by atoms with Crippen molar-refractivity contribution < 1.29 is 13.5 Å². The molecule has 4 heterocycles. The zero-order chi connectivity index (χ0) is 21.5. The SMILES string of the molecule is C[C@H](c1ccc(C#N)cn1)n1c(N2CC[C@H]3OCCN[C@@H]3C2)nc2cc(F)cc(F)c21. The third kappa shape index (κ3) is 3.52. The number of halogens is 2. The Balaban J connectivity index is 1.60. The Morgan fingerprint density at radius 1 is 1.32 bits per heavy atom. The molecule has 1 N–H and O–H groups in total. The Bertz CT molecular complexity index is 1160. The fourth-order valence-corrected chi connectivity index (χ4v) is 4.54. The van der Waals surface area contributed by atoms with E-state index >= 15 is 0 Å². The first-order valence-corrected chi connectivity index (χ1v) is 10.4. The molecule has 2 aliphatic heterocycles. The van der Waals surface area contributed by atoms with Crippen LogP contribution >= 0.6 is 0 Å². The van der Waals surface area contributed by atoms with Crippen LogP contribution in [0.25, 0.3) is 11.0 Å². The van der Waals surface area contributed by atoms with E-state index in [0.717, 1.165) is 19.0 Å². The number of aromatic nitrogens is 3. The zero-order valence-corrected chi connectivity index (χ0v) is 17.1. The summed E-state index contributed by atoms with van der Waals surface area (Å²) in [6.07, 6.45) is 2.46. The predicted molar refractivity (Wildman–Crippen MR) is 111 cm³/mol. The van der Waals surface area contributed by atoms with E-state index in [1.54, 1.807) is 16.7 Å². The van der Waals surface area contributed by atoms with E-state index in [4.69, 9.17) is 10.00 Å². The molecule has 2 aromatic heterocycles. The molecule has 2 fully saturated rings. The molecule has 3 aromatic rings. The van der Waals surface area contributed by atoms with Crippen molar-refractivity contribution in [1.29, 1.82) is 5.26 Å². The summed E-state index contributed by atoms with van der Waals surface area (Å²) in [5.74, 6) is -0.751. The molecule has 160 valence electrons. The van der Waals surface area contributed by atoms with Crippen LogP contribution < -0.4 is 10.2 Å². The van der Waals surface area contributed by atoms with Crippen molar-refractivity contribution in [1.82, 2.24) is 19.9 Å². The highest BCUT2D eigenvalue weighted by Gasteiger charge is 2.35. The summed E-state index contributed by atoms with van der Waals surface area (Å²) >= 11 is 0. The first-order chi connectivity index (χ1) is 15.0. The van der Waals surface area contributed by atoms with E-state index in [9.17, 15) is 8.78 Å². The van der Waals surface area contributed by atoms with Gasteiger partial charge in [-0.15, -0.1) is 0 Å². The number of nitrogens with one attached hydrogen (secondary N) is 1. The number of ether oxygens (including phenoxy) is 1. The Hall–Kier alpha value is -3.09. The normalized spacial score (nSPS) is 22.2. The average Bonchev–Trinajstić information content (AvgIpc) is 3.18. The van der Waals surface area contributed by atoms with E-state index in [2.05, 4.69) is 26.3 Å². The minimum Gasteiger partial charge on any atom is -0.375 e. The molecule has 1 aromatic carbocycles. The third-order valence-electron chi connectivity index (χ3n) is 6.09. The molecule has 0 amide bonds. The Labute approximate surface area is 178 Å². The summed E-state index contributed by atoms with van der Waals surface area (Å²) in [6, 6.07) is 7.40. The van der Waals surface area contributed by atoms with Gasteiger partial charge in [0.1, 0.15) is 17.4 Å². The van der Waals surface area contributed by atoms with Crippen LogP contribution in [0.4, 0.5) is 14.7 Å². The van der Waals surface area contributed by atoms with Crippen LogP contribution in [0.1, 0.15) is 30.6 Å². The predicted octanol–water partition coefficient (Wildman–Crippen LogP) is 2.76. The van der Waals surface area contributed by atoms with Gasteiger partial charge in [0.15, 0.2) is 5.82 Å². The van der Waals surface area contributed by atoms with Crippen LogP contribution in [0.3, 0.4) is 0 Å². The van der Waals surface area contributed by atoms with Crippen LogP contribution in [0, 0.1) is 23.0 Å². The zero-order valence-electron chi connectivity index (χ0n) is 17.1. The molecule has 0 saturated carbocycles. The summed E-state index contributed by atoms with van der Waals surface area (Å²) in [4.78, 5) is 11.1. The molecule has 0 radical (unpaired) electrons. The molecule has 0 unspecified atom stereocenters. The standard InChI is InChI=1S/C22H22F2N6O/c1-13(17-3-2-14(10-25)11-27-17)30-21-16(24)8-15(23)9-18(21)28-22(30)29-6-4-20-19(12-29)26-5-7-31-20/h2-3,8-9,11,13,19-20,26H,4-7,12H2,1H3/t13-,19-,20-/m1/s1. The molecule has 31 heavy (non-hydrogen) atoms. The summed E-state index contributed by atoms with van der Waals surface area (Å²) in [5, 5.41) is 12.5. The van der Waals surface area contributed by atoms with E-state index in [-0.39, 0.29) is 29.2 Å². The Kier molecular flexibility index (Phi) is 5.04. The van der Waals surface area contributed by atoms with Gasteiger partial charge in [0.05, 0.1) is 41.6 Å². The molecule has 0 aliphatic carbocycles. The number of pyridine rings is 1. The number of rotatable bonds is 3. The lowest BCUT2D eigenvalue weighted by atomic mass is 10.0.